The fourth-order valence-electron chi connectivity index (χ4n) is 3.17. The molecule has 25 heavy (non-hydrogen) atoms. The Bertz CT molecular complexity index is 570. The molecule has 0 amide bonds. The summed E-state index contributed by atoms with van der Waals surface area (Å²) in [4.78, 5) is 9.21. The van der Waals surface area contributed by atoms with Crippen LogP contribution in [0.2, 0.25) is 0 Å². The molecule has 1 aromatic rings. The molecule has 6 heteroatoms. The number of guanidine groups is 1. The molecule has 2 rings (SSSR count). The predicted molar refractivity (Wildman–Crippen MR) is 100 cm³/mol. The molecule has 0 radical (unpaired) electrons. The van der Waals surface area contributed by atoms with E-state index in [1.165, 1.54) is 6.07 Å². The van der Waals surface area contributed by atoms with E-state index >= 15 is 0 Å². The van der Waals surface area contributed by atoms with Crippen molar-refractivity contribution in [2.75, 3.05) is 47.4 Å². The van der Waals surface area contributed by atoms with Gasteiger partial charge in [-0.3, -0.25) is 4.99 Å². The van der Waals surface area contributed by atoms with E-state index in [9.17, 15) is 4.39 Å². The lowest BCUT2D eigenvalue weighted by Gasteiger charge is -2.42. The number of halogens is 1. The lowest BCUT2D eigenvalue weighted by atomic mass is 9.89. The highest BCUT2D eigenvalue weighted by Crippen LogP contribution is 2.26. The highest BCUT2D eigenvalue weighted by atomic mass is 19.1. The number of rotatable bonds is 6. The molecule has 1 aromatic carbocycles. The molecule has 0 aliphatic carbocycles. The van der Waals surface area contributed by atoms with Crippen LogP contribution in [-0.2, 0) is 11.3 Å². The van der Waals surface area contributed by atoms with Crippen LogP contribution in [0.15, 0.2) is 29.3 Å². The molecule has 140 valence electrons. The van der Waals surface area contributed by atoms with Crippen LogP contribution in [0.5, 0.6) is 0 Å². The Balaban J connectivity index is 2.10. The zero-order chi connectivity index (χ0) is 18.3. The second-order valence-electron chi connectivity index (χ2n) is 6.89. The van der Waals surface area contributed by atoms with E-state index in [0.29, 0.717) is 6.54 Å². The predicted octanol–water partition coefficient (Wildman–Crippen LogP) is 2.33. The molecule has 1 aliphatic heterocycles. The summed E-state index contributed by atoms with van der Waals surface area (Å²) in [5.74, 6) is 0.640. The van der Waals surface area contributed by atoms with Gasteiger partial charge in [-0.15, -0.1) is 0 Å². The van der Waals surface area contributed by atoms with Crippen molar-refractivity contribution in [3.63, 3.8) is 0 Å². The molecule has 0 saturated carbocycles. The van der Waals surface area contributed by atoms with Crippen LogP contribution < -0.4 is 5.32 Å². The monoisotopic (exact) mass is 350 g/mol. The molecule has 1 saturated heterocycles. The first kappa shape index (κ1) is 19.7. The maximum absolute atomic E-state index is 13.4. The van der Waals surface area contributed by atoms with Gasteiger partial charge in [-0.2, -0.15) is 0 Å². The van der Waals surface area contributed by atoms with E-state index in [4.69, 9.17) is 9.73 Å². The molecular weight excluding hydrogens is 319 g/mol. The quantitative estimate of drug-likeness (QED) is 0.631. The molecular formula is C19H31FN4O. The number of hydrogen-bond acceptors (Lipinski definition) is 3. The van der Waals surface area contributed by atoms with Crippen LogP contribution >= 0.6 is 0 Å². The summed E-state index contributed by atoms with van der Waals surface area (Å²) in [6.07, 6.45) is 1.97. The normalized spacial score (nSPS) is 17.6. The van der Waals surface area contributed by atoms with Crippen molar-refractivity contribution in [3.8, 4) is 0 Å². The first-order valence-electron chi connectivity index (χ1n) is 8.96. The van der Waals surface area contributed by atoms with Gasteiger partial charge in [0.25, 0.3) is 0 Å². The molecule has 1 aliphatic rings. The van der Waals surface area contributed by atoms with Crippen molar-refractivity contribution in [1.29, 1.82) is 0 Å². The van der Waals surface area contributed by atoms with E-state index in [0.717, 1.165) is 50.7 Å². The summed E-state index contributed by atoms with van der Waals surface area (Å²) in [6, 6.07) is 6.71. The fraction of sp³-hybridized carbons (Fsp3) is 0.632. The second kappa shape index (κ2) is 9.15. The highest BCUT2D eigenvalue weighted by molar-refractivity contribution is 5.79. The SMILES string of the molecule is CCNC(=NCC1(N(C)C)CCOCC1)N(C)Cc1cccc(F)c1. The van der Waals surface area contributed by atoms with Crippen molar-refractivity contribution in [3.05, 3.63) is 35.6 Å². The van der Waals surface area contributed by atoms with Crippen LogP contribution in [0, 0.1) is 5.82 Å². The number of nitrogens with one attached hydrogen (secondary N) is 1. The first-order valence-corrected chi connectivity index (χ1v) is 8.96. The lowest BCUT2D eigenvalue weighted by Crippen LogP contribution is -2.51. The van der Waals surface area contributed by atoms with Crippen molar-refractivity contribution in [2.24, 2.45) is 4.99 Å². The third kappa shape index (κ3) is 5.41. The highest BCUT2D eigenvalue weighted by Gasteiger charge is 2.34. The van der Waals surface area contributed by atoms with Gasteiger partial charge in [0.2, 0.25) is 0 Å². The Morgan fingerprint density at radius 2 is 2.00 bits per heavy atom. The summed E-state index contributed by atoms with van der Waals surface area (Å²) < 4.78 is 18.9. The van der Waals surface area contributed by atoms with E-state index in [1.54, 1.807) is 12.1 Å². The number of hydrogen-bond donors (Lipinski definition) is 1. The summed E-state index contributed by atoms with van der Waals surface area (Å²) >= 11 is 0. The summed E-state index contributed by atoms with van der Waals surface area (Å²) in [6.45, 7) is 5.75. The first-order chi connectivity index (χ1) is 12.0. The van der Waals surface area contributed by atoms with E-state index in [1.807, 2.05) is 18.0 Å². The Hall–Kier alpha value is -1.66. The minimum atomic E-state index is -0.207. The summed E-state index contributed by atoms with van der Waals surface area (Å²) in [5.41, 5.74) is 0.972. The van der Waals surface area contributed by atoms with Crippen molar-refractivity contribution in [2.45, 2.75) is 31.8 Å². The van der Waals surface area contributed by atoms with Gasteiger partial charge in [0.1, 0.15) is 5.82 Å². The Kier molecular flexibility index (Phi) is 7.20. The Morgan fingerprint density at radius 3 is 2.60 bits per heavy atom. The molecule has 1 N–H and O–H groups in total. The molecule has 0 aromatic heterocycles. The Labute approximate surface area is 150 Å². The third-order valence-electron chi connectivity index (χ3n) is 4.90. The van der Waals surface area contributed by atoms with E-state index in [2.05, 4.69) is 31.2 Å². The van der Waals surface area contributed by atoms with E-state index in [-0.39, 0.29) is 11.4 Å². The molecule has 0 spiro atoms. The maximum Gasteiger partial charge on any atom is 0.194 e. The summed E-state index contributed by atoms with van der Waals surface area (Å²) in [7, 11) is 6.22. The minimum absolute atomic E-state index is 0.0403. The number of aliphatic imine (C=N–C) groups is 1. The van der Waals surface area contributed by atoms with Crippen LogP contribution in [0.4, 0.5) is 4.39 Å². The number of likely N-dealkylation sites (N-methyl/N-ethyl adjacent to an activating group) is 1. The molecule has 5 nitrogen and oxygen atoms in total. The minimum Gasteiger partial charge on any atom is -0.381 e. The third-order valence-corrected chi connectivity index (χ3v) is 4.90. The fourth-order valence-corrected chi connectivity index (χ4v) is 3.17. The van der Waals surface area contributed by atoms with Crippen LogP contribution in [0.25, 0.3) is 0 Å². The molecule has 0 bridgehead atoms. The lowest BCUT2D eigenvalue weighted by molar-refractivity contribution is -0.00262. The largest absolute Gasteiger partial charge is 0.381 e. The van der Waals surface area contributed by atoms with Gasteiger partial charge < -0.3 is 19.9 Å². The van der Waals surface area contributed by atoms with Gasteiger partial charge >= 0.3 is 0 Å². The van der Waals surface area contributed by atoms with Crippen molar-refractivity contribution < 1.29 is 9.13 Å². The standard InChI is InChI=1S/C19H31FN4O/c1-5-21-18(24(4)14-16-7-6-8-17(20)13-16)22-15-19(23(2)3)9-11-25-12-10-19/h6-8,13H,5,9-12,14-15H2,1-4H3,(H,21,22). The molecule has 0 unspecified atom stereocenters. The number of nitrogens with zero attached hydrogens (tertiary/aromatic N) is 3. The second-order valence-corrected chi connectivity index (χ2v) is 6.89. The van der Waals surface area contributed by atoms with Crippen LogP contribution in [0.1, 0.15) is 25.3 Å². The van der Waals surface area contributed by atoms with Gasteiger partial charge in [0, 0.05) is 38.9 Å². The number of ether oxygens (including phenoxy) is 1. The average Bonchev–Trinajstić information content (AvgIpc) is 2.59. The van der Waals surface area contributed by atoms with Gasteiger partial charge in [0.15, 0.2) is 5.96 Å². The molecule has 0 atom stereocenters. The Morgan fingerprint density at radius 1 is 1.28 bits per heavy atom. The van der Waals surface area contributed by atoms with Crippen molar-refractivity contribution in [1.82, 2.24) is 15.1 Å². The summed E-state index contributed by atoms with van der Waals surface area (Å²) in [5, 5.41) is 3.35. The zero-order valence-electron chi connectivity index (χ0n) is 15.9. The van der Waals surface area contributed by atoms with Gasteiger partial charge in [-0.05, 0) is 51.6 Å². The van der Waals surface area contributed by atoms with Gasteiger partial charge in [-0.25, -0.2) is 4.39 Å². The van der Waals surface area contributed by atoms with Crippen LogP contribution in [-0.4, -0.2) is 68.7 Å². The zero-order valence-corrected chi connectivity index (χ0v) is 15.9. The smallest absolute Gasteiger partial charge is 0.194 e. The molecule has 1 heterocycles. The van der Waals surface area contributed by atoms with Crippen LogP contribution in [0.3, 0.4) is 0 Å². The average molecular weight is 350 g/mol. The van der Waals surface area contributed by atoms with Gasteiger partial charge in [0.05, 0.1) is 6.54 Å². The number of benzene rings is 1. The van der Waals surface area contributed by atoms with Crippen molar-refractivity contribution >= 4 is 5.96 Å². The maximum atomic E-state index is 13.4. The van der Waals surface area contributed by atoms with E-state index < -0.39 is 0 Å². The topological polar surface area (TPSA) is 40.1 Å². The van der Waals surface area contributed by atoms with Gasteiger partial charge in [-0.1, -0.05) is 12.1 Å². The molecule has 1 fully saturated rings.